The molecule has 148 valence electrons. The fourth-order valence-corrected chi connectivity index (χ4v) is 3.82. The zero-order chi connectivity index (χ0) is 18.9. The molecule has 2 aliphatic rings. The molecular formula is C21H31N3O3. The standard InChI is InChI=1S/C21H31N3O3/c25-20(18-8-4-5-9-18)23-19(16-17-6-2-1-3-7-17)21(26)22-10-11-24-12-14-27-15-13-24/h1-3,6-7,18-19H,4-5,8-16H2,(H,22,26)(H,23,25). The van der Waals surface area contributed by atoms with Crippen LogP contribution < -0.4 is 10.6 Å². The molecule has 27 heavy (non-hydrogen) atoms. The fourth-order valence-electron chi connectivity index (χ4n) is 3.82. The Labute approximate surface area is 161 Å². The van der Waals surface area contributed by atoms with Gasteiger partial charge in [0.25, 0.3) is 0 Å². The van der Waals surface area contributed by atoms with E-state index in [1.165, 1.54) is 0 Å². The zero-order valence-corrected chi connectivity index (χ0v) is 16.0. The molecule has 1 saturated carbocycles. The average Bonchev–Trinajstić information content (AvgIpc) is 3.24. The molecule has 0 radical (unpaired) electrons. The van der Waals surface area contributed by atoms with Gasteiger partial charge in [0.1, 0.15) is 6.04 Å². The summed E-state index contributed by atoms with van der Waals surface area (Å²) < 4.78 is 5.35. The van der Waals surface area contributed by atoms with Gasteiger partial charge in [0, 0.05) is 38.5 Å². The third-order valence-corrected chi connectivity index (χ3v) is 5.47. The predicted molar refractivity (Wildman–Crippen MR) is 104 cm³/mol. The molecule has 0 aromatic heterocycles. The first-order valence-electron chi connectivity index (χ1n) is 10.1. The van der Waals surface area contributed by atoms with E-state index in [1.807, 2.05) is 30.3 Å². The zero-order valence-electron chi connectivity index (χ0n) is 16.0. The van der Waals surface area contributed by atoms with Crippen LogP contribution in [0, 0.1) is 5.92 Å². The number of morpholine rings is 1. The molecule has 0 bridgehead atoms. The molecule has 6 heteroatoms. The Morgan fingerprint density at radius 3 is 2.52 bits per heavy atom. The molecule has 1 aliphatic heterocycles. The number of nitrogens with zero attached hydrogens (tertiary/aromatic N) is 1. The van der Waals surface area contributed by atoms with Crippen molar-refractivity contribution in [2.45, 2.75) is 38.1 Å². The number of rotatable bonds is 8. The normalized spacial score (nSPS) is 19.6. The van der Waals surface area contributed by atoms with E-state index in [1.54, 1.807) is 0 Å². The number of amides is 2. The minimum atomic E-state index is -0.523. The Balaban J connectivity index is 1.53. The highest BCUT2D eigenvalue weighted by Crippen LogP contribution is 2.24. The highest BCUT2D eigenvalue weighted by Gasteiger charge is 2.27. The number of hydrogen-bond donors (Lipinski definition) is 2. The lowest BCUT2D eigenvalue weighted by Gasteiger charge is -2.27. The number of benzene rings is 1. The third kappa shape index (κ3) is 6.33. The summed E-state index contributed by atoms with van der Waals surface area (Å²) in [5.41, 5.74) is 1.05. The summed E-state index contributed by atoms with van der Waals surface area (Å²) >= 11 is 0. The van der Waals surface area contributed by atoms with Gasteiger partial charge in [0.2, 0.25) is 11.8 Å². The van der Waals surface area contributed by atoms with Crippen molar-refractivity contribution in [3.05, 3.63) is 35.9 Å². The third-order valence-electron chi connectivity index (χ3n) is 5.47. The second kappa shape index (κ2) is 10.4. The van der Waals surface area contributed by atoms with Crippen LogP contribution in [0.4, 0.5) is 0 Å². The Hall–Kier alpha value is -1.92. The topological polar surface area (TPSA) is 70.7 Å². The second-order valence-electron chi connectivity index (χ2n) is 7.48. The fraction of sp³-hybridized carbons (Fsp3) is 0.619. The molecule has 2 fully saturated rings. The first kappa shape index (κ1) is 19.8. The number of nitrogens with one attached hydrogen (secondary N) is 2. The molecular weight excluding hydrogens is 342 g/mol. The van der Waals surface area contributed by atoms with Crippen LogP contribution in [0.3, 0.4) is 0 Å². The molecule has 1 unspecified atom stereocenters. The SMILES string of the molecule is O=C(NC(Cc1ccccc1)C(=O)NCCN1CCOCC1)C1CCCC1. The van der Waals surface area contributed by atoms with Crippen molar-refractivity contribution in [2.24, 2.45) is 5.92 Å². The van der Waals surface area contributed by atoms with E-state index in [0.717, 1.165) is 64.1 Å². The summed E-state index contributed by atoms with van der Waals surface area (Å²) in [6.07, 6.45) is 4.59. The predicted octanol–water partition coefficient (Wildman–Crippen LogP) is 1.35. The molecule has 3 rings (SSSR count). The van der Waals surface area contributed by atoms with E-state index in [9.17, 15) is 9.59 Å². The van der Waals surface area contributed by atoms with Crippen molar-refractivity contribution in [1.29, 1.82) is 0 Å². The maximum absolute atomic E-state index is 12.8. The lowest BCUT2D eigenvalue weighted by atomic mass is 10.0. The minimum absolute atomic E-state index is 0.0248. The van der Waals surface area contributed by atoms with Gasteiger partial charge in [-0.2, -0.15) is 0 Å². The lowest BCUT2D eigenvalue weighted by Crippen LogP contribution is -2.51. The van der Waals surface area contributed by atoms with E-state index < -0.39 is 6.04 Å². The summed E-state index contributed by atoms with van der Waals surface area (Å²) in [5, 5.41) is 6.02. The lowest BCUT2D eigenvalue weighted by molar-refractivity contribution is -0.131. The smallest absolute Gasteiger partial charge is 0.242 e. The first-order valence-corrected chi connectivity index (χ1v) is 10.1. The van der Waals surface area contributed by atoms with Gasteiger partial charge >= 0.3 is 0 Å². The van der Waals surface area contributed by atoms with Gasteiger partial charge in [0.05, 0.1) is 13.2 Å². The van der Waals surface area contributed by atoms with Gasteiger partial charge in [-0.1, -0.05) is 43.2 Å². The average molecular weight is 373 g/mol. The molecule has 6 nitrogen and oxygen atoms in total. The number of hydrogen-bond acceptors (Lipinski definition) is 4. The van der Waals surface area contributed by atoms with Gasteiger partial charge in [-0.15, -0.1) is 0 Å². The molecule has 0 spiro atoms. The van der Waals surface area contributed by atoms with Crippen LogP contribution in [0.25, 0.3) is 0 Å². The minimum Gasteiger partial charge on any atom is -0.379 e. The van der Waals surface area contributed by atoms with Crippen LogP contribution in [0.2, 0.25) is 0 Å². The van der Waals surface area contributed by atoms with Gasteiger partial charge < -0.3 is 15.4 Å². The summed E-state index contributed by atoms with van der Waals surface area (Å²) in [6.45, 7) is 4.71. The quantitative estimate of drug-likeness (QED) is 0.722. The Kier molecular flexibility index (Phi) is 7.66. The Bertz CT molecular complexity index is 596. The van der Waals surface area contributed by atoms with Crippen LogP contribution in [0.5, 0.6) is 0 Å². The van der Waals surface area contributed by atoms with E-state index in [0.29, 0.717) is 13.0 Å². The van der Waals surface area contributed by atoms with Crippen molar-refractivity contribution < 1.29 is 14.3 Å². The van der Waals surface area contributed by atoms with Crippen LogP contribution >= 0.6 is 0 Å². The number of ether oxygens (including phenoxy) is 1. The van der Waals surface area contributed by atoms with Gasteiger partial charge in [-0.05, 0) is 18.4 Å². The van der Waals surface area contributed by atoms with E-state index in [-0.39, 0.29) is 17.7 Å². The molecule has 1 aromatic rings. The van der Waals surface area contributed by atoms with E-state index in [4.69, 9.17) is 4.74 Å². The van der Waals surface area contributed by atoms with Gasteiger partial charge in [-0.3, -0.25) is 14.5 Å². The van der Waals surface area contributed by atoms with Gasteiger partial charge in [0.15, 0.2) is 0 Å². The van der Waals surface area contributed by atoms with Crippen LogP contribution in [-0.2, 0) is 20.7 Å². The molecule has 2 N–H and O–H groups in total. The van der Waals surface area contributed by atoms with Crippen molar-refractivity contribution in [1.82, 2.24) is 15.5 Å². The Morgan fingerprint density at radius 1 is 1.11 bits per heavy atom. The van der Waals surface area contributed by atoms with Crippen LogP contribution in [0.1, 0.15) is 31.2 Å². The second-order valence-corrected chi connectivity index (χ2v) is 7.48. The van der Waals surface area contributed by atoms with Crippen molar-refractivity contribution in [3.8, 4) is 0 Å². The van der Waals surface area contributed by atoms with Crippen molar-refractivity contribution in [2.75, 3.05) is 39.4 Å². The molecule has 1 aliphatic carbocycles. The molecule has 1 aromatic carbocycles. The largest absolute Gasteiger partial charge is 0.379 e. The summed E-state index contributed by atoms with van der Waals surface area (Å²) in [6, 6.07) is 9.34. The first-order chi connectivity index (χ1) is 13.2. The van der Waals surface area contributed by atoms with Crippen molar-refractivity contribution in [3.63, 3.8) is 0 Å². The molecule has 1 atom stereocenters. The monoisotopic (exact) mass is 373 g/mol. The van der Waals surface area contributed by atoms with E-state index >= 15 is 0 Å². The van der Waals surface area contributed by atoms with Gasteiger partial charge in [-0.25, -0.2) is 0 Å². The van der Waals surface area contributed by atoms with E-state index in [2.05, 4.69) is 15.5 Å². The van der Waals surface area contributed by atoms with Crippen LogP contribution in [0.15, 0.2) is 30.3 Å². The highest BCUT2D eigenvalue weighted by atomic mass is 16.5. The molecule has 1 heterocycles. The maximum Gasteiger partial charge on any atom is 0.242 e. The molecule has 2 amide bonds. The number of carbonyl (C=O) groups is 2. The Morgan fingerprint density at radius 2 is 1.81 bits per heavy atom. The highest BCUT2D eigenvalue weighted by molar-refractivity contribution is 5.88. The maximum atomic E-state index is 12.8. The number of carbonyl (C=O) groups excluding carboxylic acids is 2. The van der Waals surface area contributed by atoms with Crippen molar-refractivity contribution >= 4 is 11.8 Å². The molecule has 1 saturated heterocycles. The summed E-state index contributed by atoms with van der Waals surface area (Å²) in [5.74, 6) is -0.0142. The summed E-state index contributed by atoms with van der Waals surface area (Å²) in [4.78, 5) is 27.6. The van der Waals surface area contributed by atoms with Crippen LogP contribution in [-0.4, -0.2) is 62.1 Å². The summed E-state index contributed by atoms with van der Waals surface area (Å²) in [7, 11) is 0.